The van der Waals surface area contributed by atoms with E-state index in [9.17, 15) is 45.8 Å². The summed E-state index contributed by atoms with van der Waals surface area (Å²) in [6.07, 6.45) is 13.8. The van der Waals surface area contributed by atoms with Crippen LogP contribution in [0.4, 0.5) is 5.69 Å². The molecule has 0 saturated carbocycles. The summed E-state index contributed by atoms with van der Waals surface area (Å²) in [5.41, 5.74) is 2.08. The van der Waals surface area contributed by atoms with Gasteiger partial charge in [-0.2, -0.15) is 16.8 Å². The van der Waals surface area contributed by atoms with Gasteiger partial charge in [-0.15, -0.1) is 5.06 Å². The molecule has 3 aliphatic heterocycles. The molecular weight excluding hydrogens is 807 g/mol. The number of anilines is 1. The van der Waals surface area contributed by atoms with Crippen LogP contribution in [-0.2, 0) is 49.7 Å². The quantitative estimate of drug-likeness (QED) is 0.0353. The maximum Gasteiger partial charge on any atom is 0.333 e. The number of carbonyl (C=O) groups excluding carboxylic acids is 4. The number of hydroxylamine groups is 4. The molecule has 1 saturated heterocycles. The highest BCUT2D eigenvalue weighted by molar-refractivity contribution is 7.86. The highest BCUT2D eigenvalue weighted by atomic mass is 32.2. The van der Waals surface area contributed by atoms with Crippen LogP contribution in [0.1, 0.15) is 85.1 Å². The van der Waals surface area contributed by atoms with Gasteiger partial charge >= 0.3 is 5.97 Å². The summed E-state index contributed by atoms with van der Waals surface area (Å²) in [6.45, 7) is 9.79. The molecule has 17 nitrogen and oxygen atoms in total. The molecule has 3 aliphatic rings. The maximum atomic E-state index is 12.7. The lowest BCUT2D eigenvalue weighted by Gasteiger charge is -2.27. The lowest BCUT2D eigenvalue weighted by atomic mass is 9.80. The van der Waals surface area contributed by atoms with Gasteiger partial charge in [0, 0.05) is 72.8 Å². The van der Waals surface area contributed by atoms with Gasteiger partial charge in [-0.1, -0.05) is 58.4 Å². The van der Waals surface area contributed by atoms with E-state index in [4.69, 9.17) is 14.4 Å². The van der Waals surface area contributed by atoms with E-state index < -0.39 is 60.5 Å². The number of aliphatic imine (C=N–C) groups is 2. The predicted molar refractivity (Wildman–Crippen MR) is 220 cm³/mol. The SMILES string of the molecule is C\C=C(/C=C1\C(=N\CCCS(=O)(=O)O)N=C(/C=C/C=C/C=C2/N(CCCCCC(=O)ON3C(=O)CCC3=O)c3ccc(S(=O)(=O)O)cc3C2(C)C)C1(C)C)C(=O)N(C)O. The van der Waals surface area contributed by atoms with Gasteiger partial charge in [0.1, 0.15) is 0 Å². The summed E-state index contributed by atoms with van der Waals surface area (Å²) >= 11 is 0. The molecular formula is C40H51N5O12S2. The molecule has 0 aromatic heterocycles. The molecule has 1 aromatic carbocycles. The number of unbranched alkanes of at least 4 members (excludes halogenated alkanes) is 2. The van der Waals surface area contributed by atoms with E-state index in [1.54, 1.807) is 37.3 Å². The van der Waals surface area contributed by atoms with Crippen molar-refractivity contribution in [2.45, 2.75) is 89.9 Å². The lowest BCUT2D eigenvalue weighted by molar-refractivity contribution is -0.197. The van der Waals surface area contributed by atoms with Crippen LogP contribution in [0.5, 0.6) is 0 Å². The summed E-state index contributed by atoms with van der Waals surface area (Å²) in [7, 11) is -7.46. The van der Waals surface area contributed by atoms with Crippen LogP contribution < -0.4 is 4.90 Å². The average Bonchev–Trinajstić information content (AvgIpc) is 3.67. The largest absolute Gasteiger partial charge is 0.344 e. The first kappa shape index (κ1) is 46.6. The zero-order chi connectivity index (χ0) is 43.9. The molecule has 59 heavy (non-hydrogen) atoms. The number of imide groups is 1. The van der Waals surface area contributed by atoms with E-state index in [2.05, 4.69) is 4.99 Å². The molecule has 3 amide bonds. The van der Waals surface area contributed by atoms with Crippen LogP contribution >= 0.6 is 0 Å². The normalized spacial score (nSPS) is 20.2. The van der Waals surface area contributed by atoms with Gasteiger partial charge < -0.3 is 9.74 Å². The number of rotatable bonds is 17. The van der Waals surface area contributed by atoms with Gasteiger partial charge in [0.15, 0.2) is 5.84 Å². The number of nitrogens with zero attached hydrogens (tertiary/aromatic N) is 5. The first-order valence-corrected chi connectivity index (χ1v) is 22.0. The zero-order valence-electron chi connectivity index (χ0n) is 33.9. The molecule has 1 fully saturated rings. The van der Waals surface area contributed by atoms with Gasteiger partial charge in [-0.05, 0) is 68.2 Å². The molecule has 0 atom stereocenters. The van der Waals surface area contributed by atoms with E-state index in [1.807, 2.05) is 44.7 Å². The van der Waals surface area contributed by atoms with Crippen LogP contribution in [0.3, 0.4) is 0 Å². The monoisotopic (exact) mass is 857 g/mol. The summed E-state index contributed by atoms with van der Waals surface area (Å²) in [6, 6.07) is 4.44. The third kappa shape index (κ3) is 11.6. The molecule has 3 heterocycles. The molecule has 0 bridgehead atoms. The number of hydrogen-bond donors (Lipinski definition) is 3. The van der Waals surface area contributed by atoms with Crippen LogP contribution in [0.25, 0.3) is 0 Å². The van der Waals surface area contributed by atoms with Crippen molar-refractivity contribution in [2.75, 3.05) is 30.8 Å². The summed E-state index contributed by atoms with van der Waals surface area (Å²) in [4.78, 5) is 64.5. The minimum atomic E-state index is -4.48. The van der Waals surface area contributed by atoms with Gasteiger partial charge in [-0.3, -0.25) is 33.7 Å². The molecule has 0 aliphatic carbocycles. The Labute approximate surface area is 344 Å². The van der Waals surface area contributed by atoms with Crippen LogP contribution in [0, 0.1) is 5.41 Å². The molecule has 1 aromatic rings. The van der Waals surface area contributed by atoms with Crippen molar-refractivity contribution < 1.29 is 55.2 Å². The fraction of sp³-hybridized carbons (Fsp3) is 0.450. The Morgan fingerprint density at radius 3 is 2.25 bits per heavy atom. The number of fused-ring (bicyclic) bond motifs is 1. The Morgan fingerprint density at radius 1 is 0.966 bits per heavy atom. The fourth-order valence-electron chi connectivity index (χ4n) is 6.82. The van der Waals surface area contributed by atoms with Crippen molar-refractivity contribution in [2.24, 2.45) is 15.4 Å². The van der Waals surface area contributed by atoms with Crippen LogP contribution in [0.2, 0.25) is 0 Å². The van der Waals surface area contributed by atoms with Crippen molar-refractivity contribution in [1.82, 2.24) is 10.1 Å². The maximum absolute atomic E-state index is 12.7. The molecule has 0 unspecified atom stereocenters. The highest BCUT2D eigenvalue weighted by Gasteiger charge is 2.41. The lowest BCUT2D eigenvalue weighted by Crippen LogP contribution is -2.32. The second-order valence-electron chi connectivity index (χ2n) is 15.2. The molecule has 0 spiro atoms. The predicted octanol–water partition coefficient (Wildman–Crippen LogP) is 5.07. The first-order chi connectivity index (χ1) is 27.5. The third-order valence-electron chi connectivity index (χ3n) is 10.1. The second kappa shape index (κ2) is 18.9. The number of likely N-dealkylation sites (N-methyl/N-ethyl adjacent to an activating group) is 1. The van der Waals surface area contributed by atoms with Gasteiger partial charge in [0.2, 0.25) is 0 Å². The Kier molecular flexibility index (Phi) is 14.9. The fourth-order valence-corrected chi connectivity index (χ4v) is 7.82. The number of amides is 3. The first-order valence-electron chi connectivity index (χ1n) is 18.9. The molecule has 3 N–H and O–H groups in total. The minimum absolute atomic E-state index is 0.00396. The third-order valence-corrected chi connectivity index (χ3v) is 11.8. The molecule has 320 valence electrons. The zero-order valence-corrected chi connectivity index (χ0v) is 35.5. The Balaban J connectivity index is 1.56. The van der Waals surface area contributed by atoms with E-state index in [-0.39, 0.29) is 48.5 Å². The Morgan fingerprint density at radius 2 is 1.64 bits per heavy atom. The van der Waals surface area contributed by atoms with Gasteiger partial charge in [0.05, 0.1) is 16.4 Å². The Hall–Kier alpha value is -5.08. The number of amidine groups is 1. The van der Waals surface area contributed by atoms with E-state index in [0.29, 0.717) is 52.8 Å². The van der Waals surface area contributed by atoms with E-state index in [0.717, 1.165) is 11.4 Å². The highest BCUT2D eigenvalue weighted by Crippen LogP contribution is 2.48. The van der Waals surface area contributed by atoms with Crippen LogP contribution in [0.15, 0.2) is 92.5 Å². The topological polar surface area (TPSA) is 241 Å². The smallest absolute Gasteiger partial charge is 0.333 e. The summed E-state index contributed by atoms with van der Waals surface area (Å²) < 4.78 is 65.6. The number of benzene rings is 1. The van der Waals surface area contributed by atoms with Crippen LogP contribution in [-0.4, -0.2) is 102 Å². The minimum Gasteiger partial charge on any atom is -0.344 e. The van der Waals surface area contributed by atoms with Gasteiger partial charge in [0.25, 0.3) is 38.0 Å². The molecule has 19 heteroatoms. The molecule has 4 rings (SSSR count). The van der Waals surface area contributed by atoms with Crippen molar-refractivity contribution >= 4 is 61.2 Å². The number of carbonyl (C=O) groups is 4. The number of hydrogen-bond acceptors (Lipinski definition) is 12. The standard InChI is InChI=1S/C40H51N5O12S2/c1-7-27(38(49)43(6)50)25-30-37(41-22-14-24-58(51,52)53)42-32(39(30,2)3)15-10-8-11-16-33-40(4,5)29-26-28(59(54,55)56)18-19-31(29)44(33)23-13-9-12-17-36(48)57-45-34(46)20-21-35(45)47/h7-8,10-11,15-16,18-19,25-26,50H,9,12-14,17,20-24H2,1-6H3,(H,51,52,53)(H,54,55,56)/b11-8+,15-10+,27-7+,30-25+,33-16+,41-37-. The average molecular weight is 858 g/mol. The van der Waals surface area contributed by atoms with Crippen molar-refractivity contribution in [3.8, 4) is 0 Å². The Bertz CT molecular complexity index is 2280. The second-order valence-corrected chi connectivity index (χ2v) is 18.2. The molecule has 0 radical (unpaired) electrons. The van der Waals surface area contributed by atoms with Crippen molar-refractivity contribution in [3.05, 3.63) is 83.1 Å². The van der Waals surface area contributed by atoms with E-state index >= 15 is 0 Å². The summed E-state index contributed by atoms with van der Waals surface area (Å²) in [5, 5.41) is 10.8. The summed E-state index contributed by atoms with van der Waals surface area (Å²) in [5.74, 6) is -2.64. The van der Waals surface area contributed by atoms with Gasteiger partial charge in [-0.25, -0.2) is 14.9 Å². The van der Waals surface area contributed by atoms with Crippen molar-refractivity contribution in [3.63, 3.8) is 0 Å². The number of allylic oxidation sites excluding steroid dienone is 7. The van der Waals surface area contributed by atoms with Crippen molar-refractivity contribution in [1.29, 1.82) is 0 Å². The van der Waals surface area contributed by atoms with E-state index in [1.165, 1.54) is 25.3 Å².